The lowest BCUT2D eigenvalue weighted by atomic mass is 9.79. The van der Waals surface area contributed by atoms with E-state index in [1.165, 1.54) is 6.20 Å². The summed E-state index contributed by atoms with van der Waals surface area (Å²) in [7, 11) is -1.46. The third kappa shape index (κ3) is 2.05. The Morgan fingerprint density at radius 1 is 1.50 bits per heavy atom. The number of hydrogen-bond acceptors (Lipinski definition) is 4. The standard InChI is InChI=1S/C9H12BNO3/c1-6-4-9(14-7-2-3-7)11-5-8(6)10(12)13/h4-5,7,12-13H,2-3H2,1H3. The van der Waals surface area contributed by atoms with Crippen molar-refractivity contribution in [3.8, 4) is 5.88 Å². The van der Waals surface area contributed by atoms with Gasteiger partial charge in [0.2, 0.25) is 5.88 Å². The van der Waals surface area contributed by atoms with Gasteiger partial charge in [0.1, 0.15) is 6.10 Å². The highest BCUT2D eigenvalue weighted by Crippen LogP contribution is 2.25. The fourth-order valence-electron chi connectivity index (χ4n) is 1.23. The van der Waals surface area contributed by atoms with Crippen LogP contribution in [0.1, 0.15) is 18.4 Å². The maximum atomic E-state index is 8.96. The number of aromatic nitrogens is 1. The first-order valence-electron chi connectivity index (χ1n) is 4.66. The zero-order chi connectivity index (χ0) is 10.1. The highest BCUT2D eigenvalue weighted by Gasteiger charge is 2.24. The normalized spacial score (nSPS) is 15.4. The highest BCUT2D eigenvalue weighted by atomic mass is 16.5. The monoisotopic (exact) mass is 193 g/mol. The van der Waals surface area contributed by atoms with E-state index in [1.807, 2.05) is 0 Å². The maximum absolute atomic E-state index is 8.96. The van der Waals surface area contributed by atoms with Gasteiger partial charge in [-0.2, -0.15) is 0 Å². The van der Waals surface area contributed by atoms with Crippen molar-refractivity contribution in [2.24, 2.45) is 0 Å². The first-order chi connectivity index (χ1) is 6.66. The minimum atomic E-state index is -1.46. The van der Waals surface area contributed by atoms with Crippen LogP contribution in [0.15, 0.2) is 12.3 Å². The van der Waals surface area contributed by atoms with E-state index < -0.39 is 7.12 Å². The zero-order valence-electron chi connectivity index (χ0n) is 7.97. The number of aryl methyl sites for hydroxylation is 1. The molecule has 0 atom stereocenters. The van der Waals surface area contributed by atoms with Crippen molar-refractivity contribution in [1.82, 2.24) is 4.98 Å². The second-order valence-corrected chi connectivity index (χ2v) is 3.57. The number of hydrogen-bond donors (Lipinski definition) is 2. The molecule has 0 unspecified atom stereocenters. The summed E-state index contributed by atoms with van der Waals surface area (Å²) in [6.45, 7) is 1.80. The van der Waals surface area contributed by atoms with Crippen LogP contribution in [-0.4, -0.2) is 28.3 Å². The van der Waals surface area contributed by atoms with Gasteiger partial charge in [-0.1, -0.05) is 0 Å². The second kappa shape index (κ2) is 3.59. The van der Waals surface area contributed by atoms with Crippen molar-refractivity contribution in [2.45, 2.75) is 25.9 Å². The molecule has 5 heteroatoms. The smallest absolute Gasteiger partial charge is 0.474 e. The molecule has 1 heterocycles. The van der Waals surface area contributed by atoms with Crippen LogP contribution >= 0.6 is 0 Å². The van der Waals surface area contributed by atoms with Gasteiger partial charge in [0, 0.05) is 17.7 Å². The summed E-state index contributed by atoms with van der Waals surface area (Å²) in [5.41, 5.74) is 1.21. The highest BCUT2D eigenvalue weighted by molar-refractivity contribution is 6.59. The maximum Gasteiger partial charge on any atom is 0.490 e. The fourth-order valence-corrected chi connectivity index (χ4v) is 1.23. The fraction of sp³-hybridized carbons (Fsp3) is 0.444. The summed E-state index contributed by atoms with van der Waals surface area (Å²) in [5.74, 6) is 0.564. The van der Waals surface area contributed by atoms with Gasteiger partial charge in [-0.3, -0.25) is 0 Å². The Labute approximate surface area is 82.7 Å². The molecular formula is C9H12BNO3. The van der Waals surface area contributed by atoms with E-state index in [0.717, 1.165) is 18.4 Å². The molecule has 14 heavy (non-hydrogen) atoms. The van der Waals surface area contributed by atoms with E-state index in [-0.39, 0.29) is 0 Å². The van der Waals surface area contributed by atoms with E-state index in [2.05, 4.69) is 4.98 Å². The summed E-state index contributed by atoms with van der Waals surface area (Å²) < 4.78 is 5.47. The van der Waals surface area contributed by atoms with Gasteiger partial charge in [0.25, 0.3) is 0 Å². The molecule has 74 valence electrons. The quantitative estimate of drug-likeness (QED) is 0.641. The van der Waals surface area contributed by atoms with Crippen molar-refractivity contribution >= 4 is 12.6 Å². The lowest BCUT2D eigenvalue weighted by molar-refractivity contribution is 0.291. The van der Waals surface area contributed by atoms with Gasteiger partial charge in [-0.15, -0.1) is 0 Å². The molecule has 0 bridgehead atoms. The van der Waals surface area contributed by atoms with Gasteiger partial charge < -0.3 is 14.8 Å². The number of nitrogens with zero attached hydrogens (tertiary/aromatic N) is 1. The van der Waals surface area contributed by atoms with Gasteiger partial charge in [0.05, 0.1) is 0 Å². The first-order valence-corrected chi connectivity index (χ1v) is 4.66. The molecule has 0 radical (unpaired) electrons. The van der Waals surface area contributed by atoms with Crippen LogP contribution in [0.3, 0.4) is 0 Å². The Hall–Kier alpha value is -1.07. The van der Waals surface area contributed by atoms with Gasteiger partial charge in [-0.05, 0) is 25.3 Å². The topological polar surface area (TPSA) is 62.6 Å². The summed E-state index contributed by atoms with van der Waals surface area (Å²) in [6.07, 6.45) is 3.93. The lowest BCUT2D eigenvalue weighted by Crippen LogP contribution is -2.32. The molecular weight excluding hydrogens is 181 g/mol. The molecule has 4 nitrogen and oxygen atoms in total. The van der Waals surface area contributed by atoms with Crippen molar-refractivity contribution < 1.29 is 14.8 Å². The Bertz CT molecular complexity index is 339. The Morgan fingerprint density at radius 3 is 2.71 bits per heavy atom. The lowest BCUT2D eigenvalue weighted by Gasteiger charge is -2.07. The first kappa shape index (κ1) is 9.49. The molecule has 0 spiro atoms. The Kier molecular flexibility index (Phi) is 2.43. The molecule has 0 amide bonds. The van der Waals surface area contributed by atoms with Crippen molar-refractivity contribution in [3.63, 3.8) is 0 Å². The molecule has 0 aromatic carbocycles. The van der Waals surface area contributed by atoms with Crippen LogP contribution in [-0.2, 0) is 0 Å². The average molecular weight is 193 g/mol. The largest absolute Gasteiger partial charge is 0.490 e. The molecule has 2 N–H and O–H groups in total. The molecule has 1 aliphatic carbocycles. The summed E-state index contributed by atoms with van der Waals surface area (Å²) >= 11 is 0. The molecule has 1 aliphatic rings. The molecule has 1 fully saturated rings. The van der Waals surface area contributed by atoms with Crippen LogP contribution in [0.4, 0.5) is 0 Å². The zero-order valence-corrected chi connectivity index (χ0v) is 7.97. The average Bonchev–Trinajstić information content (AvgIpc) is 2.87. The van der Waals surface area contributed by atoms with Crippen LogP contribution in [0.5, 0.6) is 5.88 Å². The van der Waals surface area contributed by atoms with Gasteiger partial charge in [0.15, 0.2) is 0 Å². The number of ether oxygens (including phenoxy) is 1. The van der Waals surface area contributed by atoms with Crippen LogP contribution < -0.4 is 10.2 Å². The van der Waals surface area contributed by atoms with Gasteiger partial charge >= 0.3 is 7.12 Å². The number of pyridine rings is 1. The summed E-state index contributed by atoms with van der Waals surface area (Å²) in [4.78, 5) is 4.00. The van der Waals surface area contributed by atoms with Crippen LogP contribution in [0, 0.1) is 6.92 Å². The Morgan fingerprint density at radius 2 is 2.21 bits per heavy atom. The third-order valence-electron chi connectivity index (χ3n) is 2.22. The van der Waals surface area contributed by atoms with Crippen molar-refractivity contribution in [2.75, 3.05) is 0 Å². The van der Waals surface area contributed by atoms with Crippen LogP contribution in [0.2, 0.25) is 0 Å². The molecule has 1 saturated carbocycles. The molecule has 0 saturated heterocycles. The van der Waals surface area contributed by atoms with E-state index in [9.17, 15) is 0 Å². The predicted octanol–water partition coefficient (Wildman–Crippen LogP) is -0.389. The minimum absolute atomic E-state index is 0.312. The molecule has 1 aromatic rings. The van der Waals surface area contributed by atoms with Crippen molar-refractivity contribution in [3.05, 3.63) is 17.8 Å². The summed E-state index contributed by atoms with van der Waals surface area (Å²) in [6, 6.07) is 1.73. The van der Waals surface area contributed by atoms with Crippen LogP contribution in [0.25, 0.3) is 0 Å². The SMILES string of the molecule is Cc1cc(OC2CC2)ncc1B(O)O. The van der Waals surface area contributed by atoms with E-state index >= 15 is 0 Å². The van der Waals surface area contributed by atoms with Gasteiger partial charge in [-0.25, -0.2) is 4.98 Å². The van der Waals surface area contributed by atoms with E-state index in [1.54, 1.807) is 13.0 Å². The third-order valence-corrected chi connectivity index (χ3v) is 2.22. The Balaban J connectivity index is 2.16. The second-order valence-electron chi connectivity index (χ2n) is 3.57. The number of rotatable bonds is 3. The van der Waals surface area contributed by atoms with Crippen molar-refractivity contribution in [1.29, 1.82) is 0 Å². The molecule has 0 aliphatic heterocycles. The molecule has 2 rings (SSSR count). The molecule has 1 aromatic heterocycles. The minimum Gasteiger partial charge on any atom is -0.474 e. The van der Waals surface area contributed by atoms with E-state index in [4.69, 9.17) is 14.8 Å². The van der Waals surface area contributed by atoms with E-state index in [0.29, 0.717) is 17.4 Å². The predicted molar refractivity (Wildman–Crippen MR) is 52.4 cm³/mol. The summed E-state index contributed by atoms with van der Waals surface area (Å²) in [5, 5.41) is 17.9.